The van der Waals surface area contributed by atoms with Crippen LogP contribution in [0.3, 0.4) is 0 Å². The van der Waals surface area contributed by atoms with Crippen LogP contribution in [-0.2, 0) is 0 Å². The van der Waals surface area contributed by atoms with E-state index >= 15 is 0 Å². The van der Waals surface area contributed by atoms with Crippen LogP contribution in [0.25, 0.3) is 22.7 Å². The van der Waals surface area contributed by atoms with Crippen LogP contribution in [0.1, 0.15) is 5.69 Å². The van der Waals surface area contributed by atoms with Crippen molar-refractivity contribution in [1.82, 2.24) is 9.97 Å². The standard InChI is InChI=1S/C13H11N3O/c1-8-2-7-11-13(15-8)17-12(16-11)9-3-5-10(14)6-4-9/h2-7H,14H2,1H3. The van der Waals surface area contributed by atoms with Crippen molar-refractivity contribution in [3.63, 3.8) is 0 Å². The van der Waals surface area contributed by atoms with E-state index in [0.717, 1.165) is 22.5 Å². The first-order valence-electron chi connectivity index (χ1n) is 5.32. The molecule has 17 heavy (non-hydrogen) atoms. The van der Waals surface area contributed by atoms with Gasteiger partial charge in [0.15, 0.2) is 0 Å². The van der Waals surface area contributed by atoms with E-state index in [-0.39, 0.29) is 0 Å². The van der Waals surface area contributed by atoms with E-state index in [9.17, 15) is 0 Å². The monoisotopic (exact) mass is 225 g/mol. The molecule has 0 saturated heterocycles. The zero-order chi connectivity index (χ0) is 11.8. The molecule has 0 aliphatic carbocycles. The van der Waals surface area contributed by atoms with Crippen molar-refractivity contribution in [3.8, 4) is 11.5 Å². The van der Waals surface area contributed by atoms with Crippen molar-refractivity contribution in [2.24, 2.45) is 0 Å². The smallest absolute Gasteiger partial charge is 0.247 e. The largest absolute Gasteiger partial charge is 0.418 e. The van der Waals surface area contributed by atoms with E-state index in [1.54, 1.807) is 0 Å². The molecule has 2 aromatic heterocycles. The molecule has 0 fully saturated rings. The van der Waals surface area contributed by atoms with Crippen LogP contribution in [-0.4, -0.2) is 9.97 Å². The molecule has 0 radical (unpaired) electrons. The Labute approximate surface area is 98.1 Å². The first kappa shape index (κ1) is 9.84. The van der Waals surface area contributed by atoms with Gasteiger partial charge in [0.2, 0.25) is 11.6 Å². The number of hydrogen-bond acceptors (Lipinski definition) is 4. The Bertz CT molecular complexity index is 671. The van der Waals surface area contributed by atoms with Gasteiger partial charge < -0.3 is 10.2 Å². The number of benzene rings is 1. The molecule has 0 spiro atoms. The number of aromatic nitrogens is 2. The zero-order valence-corrected chi connectivity index (χ0v) is 9.34. The number of pyridine rings is 1. The van der Waals surface area contributed by atoms with Crippen molar-refractivity contribution in [2.75, 3.05) is 5.73 Å². The normalized spacial score (nSPS) is 10.9. The molecule has 3 aromatic rings. The third-order valence-electron chi connectivity index (χ3n) is 2.55. The summed E-state index contributed by atoms with van der Waals surface area (Å²) in [5, 5.41) is 0. The highest BCUT2D eigenvalue weighted by atomic mass is 16.4. The minimum atomic E-state index is 0.567. The maximum absolute atomic E-state index is 5.64. The second-order valence-electron chi connectivity index (χ2n) is 3.92. The summed E-state index contributed by atoms with van der Waals surface area (Å²) < 4.78 is 5.61. The topological polar surface area (TPSA) is 64.9 Å². The maximum Gasteiger partial charge on any atom is 0.247 e. The molecule has 0 amide bonds. The summed E-state index contributed by atoms with van der Waals surface area (Å²) in [7, 11) is 0. The fraction of sp³-hybridized carbons (Fsp3) is 0.0769. The van der Waals surface area contributed by atoms with Crippen LogP contribution < -0.4 is 5.73 Å². The molecule has 3 rings (SSSR count). The third-order valence-corrected chi connectivity index (χ3v) is 2.55. The number of anilines is 1. The molecule has 2 N–H and O–H groups in total. The van der Waals surface area contributed by atoms with Gasteiger partial charge in [-0.2, -0.15) is 0 Å². The Morgan fingerprint density at radius 2 is 1.76 bits per heavy atom. The SMILES string of the molecule is Cc1ccc2nc(-c3ccc(N)cc3)oc2n1. The van der Waals surface area contributed by atoms with Crippen LogP contribution in [0.4, 0.5) is 5.69 Å². The van der Waals surface area contributed by atoms with Crippen LogP contribution >= 0.6 is 0 Å². The van der Waals surface area contributed by atoms with Gasteiger partial charge in [-0.05, 0) is 43.3 Å². The number of nitrogens with two attached hydrogens (primary N) is 1. The predicted octanol–water partition coefficient (Wildman–Crippen LogP) is 2.78. The highest BCUT2D eigenvalue weighted by Gasteiger charge is 2.08. The van der Waals surface area contributed by atoms with Crippen molar-refractivity contribution in [1.29, 1.82) is 0 Å². The number of oxazole rings is 1. The summed E-state index contributed by atoms with van der Waals surface area (Å²) in [6.07, 6.45) is 0. The Balaban J connectivity index is 2.14. The second kappa shape index (κ2) is 3.59. The van der Waals surface area contributed by atoms with E-state index in [4.69, 9.17) is 10.2 Å². The van der Waals surface area contributed by atoms with E-state index in [1.165, 1.54) is 0 Å². The van der Waals surface area contributed by atoms with Crippen molar-refractivity contribution in [3.05, 3.63) is 42.1 Å². The molecule has 2 heterocycles. The molecular formula is C13H11N3O. The molecule has 0 unspecified atom stereocenters. The number of hydrogen-bond donors (Lipinski definition) is 1. The van der Waals surface area contributed by atoms with Crippen molar-refractivity contribution >= 4 is 16.9 Å². The Morgan fingerprint density at radius 3 is 2.53 bits per heavy atom. The summed E-state index contributed by atoms with van der Waals surface area (Å²) in [6, 6.07) is 11.2. The van der Waals surface area contributed by atoms with E-state index < -0.39 is 0 Å². The fourth-order valence-corrected chi connectivity index (χ4v) is 1.66. The summed E-state index contributed by atoms with van der Waals surface area (Å²) in [5.74, 6) is 0.568. The van der Waals surface area contributed by atoms with E-state index in [0.29, 0.717) is 11.6 Å². The first-order valence-corrected chi connectivity index (χ1v) is 5.32. The molecule has 84 valence electrons. The third kappa shape index (κ3) is 1.73. The highest BCUT2D eigenvalue weighted by Crippen LogP contribution is 2.23. The van der Waals surface area contributed by atoms with Gasteiger partial charge in [-0.1, -0.05) is 0 Å². The van der Waals surface area contributed by atoms with Crippen LogP contribution in [0.2, 0.25) is 0 Å². The molecule has 0 saturated carbocycles. The quantitative estimate of drug-likeness (QED) is 0.647. The van der Waals surface area contributed by atoms with Gasteiger partial charge in [0.1, 0.15) is 5.52 Å². The molecule has 0 bridgehead atoms. The minimum absolute atomic E-state index is 0.567. The number of nitrogens with zero attached hydrogens (tertiary/aromatic N) is 2. The molecule has 4 heteroatoms. The second-order valence-corrected chi connectivity index (χ2v) is 3.92. The van der Waals surface area contributed by atoms with Crippen LogP contribution in [0.15, 0.2) is 40.8 Å². The van der Waals surface area contributed by atoms with E-state index in [2.05, 4.69) is 9.97 Å². The average Bonchev–Trinajstić information content (AvgIpc) is 2.72. The Kier molecular flexibility index (Phi) is 2.08. The van der Waals surface area contributed by atoms with Crippen LogP contribution in [0, 0.1) is 6.92 Å². The predicted molar refractivity (Wildman–Crippen MR) is 66.4 cm³/mol. The van der Waals surface area contributed by atoms with Gasteiger partial charge in [-0.25, -0.2) is 9.97 Å². The minimum Gasteiger partial charge on any atom is -0.418 e. The van der Waals surface area contributed by atoms with Gasteiger partial charge in [0.25, 0.3) is 0 Å². The highest BCUT2D eigenvalue weighted by molar-refractivity contribution is 5.73. The summed E-state index contributed by atoms with van der Waals surface area (Å²) in [6.45, 7) is 1.92. The van der Waals surface area contributed by atoms with Gasteiger partial charge in [0, 0.05) is 16.9 Å². The van der Waals surface area contributed by atoms with Gasteiger partial charge in [-0.3, -0.25) is 0 Å². The lowest BCUT2D eigenvalue weighted by Crippen LogP contribution is -1.83. The fourth-order valence-electron chi connectivity index (χ4n) is 1.66. The first-order chi connectivity index (χ1) is 8.22. The molecule has 1 aromatic carbocycles. The summed E-state index contributed by atoms with van der Waals surface area (Å²) in [5.41, 5.74) is 9.50. The lowest BCUT2D eigenvalue weighted by atomic mass is 10.2. The molecule has 0 aliphatic rings. The number of nitrogen functional groups attached to an aromatic ring is 1. The molecular weight excluding hydrogens is 214 g/mol. The van der Waals surface area contributed by atoms with Gasteiger partial charge in [-0.15, -0.1) is 0 Å². The summed E-state index contributed by atoms with van der Waals surface area (Å²) in [4.78, 5) is 8.67. The molecule has 0 atom stereocenters. The van der Waals surface area contributed by atoms with Gasteiger partial charge >= 0.3 is 0 Å². The number of aryl methyl sites for hydroxylation is 1. The van der Waals surface area contributed by atoms with Crippen molar-refractivity contribution < 1.29 is 4.42 Å². The zero-order valence-electron chi connectivity index (χ0n) is 9.34. The Morgan fingerprint density at radius 1 is 1.00 bits per heavy atom. The van der Waals surface area contributed by atoms with E-state index in [1.807, 2.05) is 43.3 Å². The molecule has 0 aliphatic heterocycles. The maximum atomic E-state index is 5.64. The number of rotatable bonds is 1. The summed E-state index contributed by atoms with van der Waals surface area (Å²) >= 11 is 0. The average molecular weight is 225 g/mol. The lowest BCUT2D eigenvalue weighted by molar-refractivity contribution is 0.607. The lowest BCUT2D eigenvalue weighted by Gasteiger charge is -1.95. The molecule has 4 nitrogen and oxygen atoms in total. The van der Waals surface area contributed by atoms with Crippen LogP contribution in [0.5, 0.6) is 0 Å². The van der Waals surface area contributed by atoms with Crippen molar-refractivity contribution in [2.45, 2.75) is 6.92 Å². The number of fused-ring (bicyclic) bond motifs is 1. The van der Waals surface area contributed by atoms with Gasteiger partial charge in [0.05, 0.1) is 0 Å². The Hall–Kier alpha value is -2.36.